The molecule has 2 atom stereocenters. The van der Waals surface area contributed by atoms with Crippen molar-refractivity contribution in [2.75, 3.05) is 0 Å². The summed E-state index contributed by atoms with van der Waals surface area (Å²) in [6, 6.07) is 5.99. The molecule has 1 aliphatic heterocycles. The first kappa shape index (κ1) is 14.4. The molecular formula is C15H18BrClN2O. The average Bonchev–Trinajstić information content (AvgIpc) is 3.22. The number of rotatable bonds is 2. The van der Waals surface area contributed by atoms with Crippen LogP contribution in [0.1, 0.15) is 43.7 Å². The Labute approximate surface area is 132 Å². The summed E-state index contributed by atoms with van der Waals surface area (Å²) in [6.07, 6.45) is 4.54. The molecule has 0 radical (unpaired) electrons. The molecule has 2 N–H and O–H groups in total. The average molecular weight is 358 g/mol. The maximum atomic E-state index is 12.4. The molecule has 1 aromatic rings. The summed E-state index contributed by atoms with van der Waals surface area (Å²) in [7, 11) is 0. The normalized spacial score (nSPS) is 27.6. The number of benzene rings is 1. The van der Waals surface area contributed by atoms with Gasteiger partial charge in [-0.1, -0.05) is 27.5 Å². The second-order valence-electron chi connectivity index (χ2n) is 5.70. The molecule has 3 rings (SSSR count). The molecule has 1 heterocycles. The summed E-state index contributed by atoms with van der Waals surface area (Å²) in [4.78, 5) is 14.5. The second-order valence-corrected chi connectivity index (χ2v) is 6.99. The molecular weight excluding hydrogens is 340 g/mol. The van der Waals surface area contributed by atoms with E-state index >= 15 is 0 Å². The Hall–Kier alpha value is -0.580. The third-order valence-corrected chi connectivity index (χ3v) is 5.10. The van der Waals surface area contributed by atoms with Crippen molar-refractivity contribution < 1.29 is 4.79 Å². The number of halogens is 2. The first-order chi connectivity index (χ1) is 9.58. The van der Waals surface area contributed by atoms with Gasteiger partial charge in [0.15, 0.2) is 0 Å². The van der Waals surface area contributed by atoms with E-state index in [2.05, 4.69) is 15.9 Å². The highest BCUT2D eigenvalue weighted by Crippen LogP contribution is 2.41. The monoisotopic (exact) mass is 356 g/mol. The molecule has 0 aromatic heterocycles. The van der Waals surface area contributed by atoms with E-state index in [4.69, 9.17) is 17.3 Å². The van der Waals surface area contributed by atoms with Gasteiger partial charge < -0.3 is 10.6 Å². The molecule has 1 saturated carbocycles. The smallest absolute Gasteiger partial charge is 0.223 e. The summed E-state index contributed by atoms with van der Waals surface area (Å²) in [6.45, 7) is 0. The van der Waals surface area contributed by atoms with Crippen LogP contribution in [0.15, 0.2) is 22.7 Å². The molecule has 0 bridgehead atoms. The minimum absolute atomic E-state index is 0.0307. The number of hydrogen-bond acceptors (Lipinski definition) is 2. The summed E-state index contributed by atoms with van der Waals surface area (Å²) in [5.74, 6) is 0.234. The maximum Gasteiger partial charge on any atom is 0.223 e. The molecule has 1 aromatic carbocycles. The van der Waals surface area contributed by atoms with Crippen LogP contribution in [-0.4, -0.2) is 22.9 Å². The molecule has 2 unspecified atom stereocenters. The van der Waals surface area contributed by atoms with Gasteiger partial charge in [-0.15, -0.1) is 0 Å². The van der Waals surface area contributed by atoms with Crippen molar-refractivity contribution in [1.82, 2.24) is 4.90 Å². The van der Waals surface area contributed by atoms with Gasteiger partial charge in [-0.3, -0.25) is 4.79 Å². The summed E-state index contributed by atoms with van der Waals surface area (Å²) < 4.78 is 0.975. The van der Waals surface area contributed by atoms with Gasteiger partial charge in [0.25, 0.3) is 0 Å². The van der Waals surface area contributed by atoms with Gasteiger partial charge in [0.2, 0.25) is 5.91 Å². The minimum Gasteiger partial charge on any atom is -0.331 e. The van der Waals surface area contributed by atoms with Crippen LogP contribution in [0.25, 0.3) is 0 Å². The number of hydrogen-bond donors (Lipinski definition) is 1. The molecule has 1 aliphatic carbocycles. The molecule has 1 amide bonds. The number of likely N-dealkylation sites (tertiary alicyclic amines) is 1. The zero-order chi connectivity index (χ0) is 14.3. The van der Waals surface area contributed by atoms with Gasteiger partial charge in [0.05, 0.1) is 6.04 Å². The lowest BCUT2D eigenvalue weighted by molar-refractivity contribution is -0.133. The van der Waals surface area contributed by atoms with Crippen molar-refractivity contribution >= 4 is 33.4 Å². The number of nitrogens with zero attached hydrogens (tertiary/aromatic N) is 1. The maximum absolute atomic E-state index is 12.4. The third kappa shape index (κ3) is 2.74. The largest absolute Gasteiger partial charge is 0.331 e. The van der Waals surface area contributed by atoms with Crippen molar-refractivity contribution in [1.29, 1.82) is 0 Å². The van der Waals surface area contributed by atoms with Crippen LogP contribution < -0.4 is 5.73 Å². The fraction of sp³-hybridized carbons (Fsp3) is 0.533. The van der Waals surface area contributed by atoms with Crippen LogP contribution in [0, 0.1) is 0 Å². The second kappa shape index (κ2) is 5.66. The van der Waals surface area contributed by atoms with Gasteiger partial charge >= 0.3 is 0 Å². The fourth-order valence-corrected chi connectivity index (χ4v) is 3.70. The zero-order valence-corrected chi connectivity index (χ0v) is 13.5. The van der Waals surface area contributed by atoms with Crippen molar-refractivity contribution in [2.24, 2.45) is 5.73 Å². The lowest BCUT2D eigenvalue weighted by Crippen LogP contribution is -2.43. The highest BCUT2D eigenvalue weighted by Gasteiger charge is 2.42. The molecule has 108 valence electrons. The van der Waals surface area contributed by atoms with Gasteiger partial charge in [0, 0.05) is 28.0 Å². The quantitative estimate of drug-likeness (QED) is 0.878. The van der Waals surface area contributed by atoms with E-state index in [9.17, 15) is 4.79 Å². The van der Waals surface area contributed by atoms with Crippen molar-refractivity contribution in [3.8, 4) is 0 Å². The summed E-state index contributed by atoms with van der Waals surface area (Å²) >= 11 is 9.72. The number of amides is 1. The Bertz CT molecular complexity index is 533. The van der Waals surface area contributed by atoms with E-state index in [1.807, 2.05) is 23.1 Å². The van der Waals surface area contributed by atoms with Crippen molar-refractivity contribution in [3.63, 3.8) is 0 Å². The Kier molecular flexibility index (Phi) is 4.07. The van der Waals surface area contributed by atoms with Crippen LogP contribution in [0.3, 0.4) is 0 Å². The molecule has 2 fully saturated rings. The topological polar surface area (TPSA) is 46.3 Å². The Morgan fingerprint density at radius 1 is 1.30 bits per heavy atom. The van der Waals surface area contributed by atoms with E-state index in [-0.39, 0.29) is 18.0 Å². The lowest BCUT2D eigenvalue weighted by Gasteiger charge is -2.35. The van der Waals surface area contributed by atoms with E-state index in [1.165, 1.54) is 0 Å². The number of nitrogens with two attached hydrogens (primary N) is 1. The SMILES string of the molecule is NC1CCCC(=O)N(C2CC2)C1c1cc(Cl)ccc1Br. The molecule has 20 heavy (non-hydrogen) atoms. The third-order valence-electron chi connectivity index (χ3n) is 4.14. The predicted octanol–water partition coefficient (Wildman–Crippen LogP) is 3.65. The fourth-order valence-electron chi connectivity index (χ4n) is 3.04. The van der Waals surface area contributed by atoms with E-state index in [0.717, 1.165) is 35.7 Å². The van der Waals surface area contributed by atoms with Crippen LogP contribution in [0.2, 0.25) is 5.02 Å². The highest BCUT2D eigenvalue weighted by atomic mass is 79.9. The Balaban J connectivity index is 2.04. The Morgan fingerprint density at radius 3 is 2.75 bits per heavy atom. The Morgan fingerprint density at radius 2 is 2.05 bits per heavy atom. The molecule has 5 heteroatoms. The molecule has 3 nitrogen and oxygen atoms in total. The summed E-state index contributed by atoms with van der Waals surface area (Å²) in [5, 5.41) is 0.683. The van der Waals surface area contributed by atoms with E-state index in [0.29, 0.717) is 17.5 Å². The lowest BCUT2D eigenvalue weighted by atomic mass is 9.96. The molecule has 1 saturated heterocycles. The first-order valence-corrected chi connectivity index (χ1v) is 8.26. The van der Waals surface area contributed by atoms with E-state index in [1.54, 1.807) is 0 Å². The van der Waals surface area contributed by atoms with Gasteiger partial charge in [-0.05, 0) is 49.4 Å². The number of carbonyl (C=O) groups excluding carboxylic acids is 1. The van der Waals surface area contributed by atoms with Crippen LogP contribution in [-0.2, 0) is 4.79 Å². The van der Waals surface area contributed by atoms with Gasteiger partial charge in [-0.2, -0.15) is 0 Å². The first-order valence-electron chi connectivity index (χ1n) is 7.09. The van der Waals surface area contributed by atoms with Crippen molar-refractivity contribution in [2.45, 2.75) is 50.2 Å². The highest BCUT2D eigenvalue weighted by molar-refractivity contribution is 9.10. The van der Waals surface area contributed by atoms with Crippen LogP contribution in [0.4, 0.5) is 0 Å². The standard InChI is InChI=1S/C15H18BrClN2O/c16-12-7-4-9(17)8-11(12)15-13(18)2-1-3-14(20)19(15)10-5-6-10/h4,7-8,10,13,15H,1-3,5-6,18H2. The molecule has 2 aliphatic rings. The van der Waals surface area contributed by atoms with Crippen LogP contribution >= 0.6 is 27.5 Å². The van der Waals surface area contributed by atoms with Gasteiger partial charge in [-0.25, -0.2) is 0 Å². The van der Waals surface area contributed by atoms with Crippen LogP contribution in [0.5, 0.6) is 0 Å². The zero-order valence-electron chi connectivity index (χ0n) is 11.2. The predicted molar refractivity (Wildman–Crippen MR) is 83.6 cm³/mol. The summed E-state index contributed by atoms with van der Waals surface area (Å²) in [5.41, 5.74) is 7.42. The number of carbonyl (C=O) groups is 1. The molecule has 0 spiro atoms. The van der Waals surface area contributed by atoms with E-state index < -0.39 is 0 Å². The minimum atomic E-state index is -0.0643. The van der Waals surface area contributed by atoms with Gasteiger partial charge in [0.1, 0.15) is 0 Å². The van der Waals surface area contributed by atoms with Crippen molar-refractivity contribution in [3.05, 3.63) is 33.3 Å².